The number of nitrogen functional groups attached to an aromatic ring is 1. The van der Waals surface area contributed by atoms with Gasteiger partial charge in [0.15, 0.2) is 11.6 Å². The fourth-order valence-corrected chi connectivity index (χ4v) is 2.27. The summed E-state index contributed by atoms with van der Waals surface area (Å²) < 4.78 is 27.3. The third-order valence-electron chi connectivity index (χ3n) is 3.39. The summed E-state index contributed by atoms with van der Waals surface area (Å²) in [5.41, 5.74) is 8.58. The molecule has 3 aromatic rings. The smallest absolute Gasteiger partial charge is 0.185 e. The molecule has 0 bridgehead atoms. The maximum Gasteiger partial charge on any atom is 0.185 e. The van der Waals surface area contributed by atoms with Gasteiger partial charge in [0.2, 0.25) is 0 Å². The van der Waals surface area contributed by atoms with E-state index in [0.29, 0.717) is 16.8 Å². The van der Waals surface area contributed by atoms with Gasteiger partial charge in [0.1, 0.15) is 5.52 Å². The second kappa shape index (κ2) is 4.56. The molecule has 0 atom stereocenters. The summed E-state index contributed by atoms with van der Waals surface area (Å²) in [5, 5.41) is 0.432. The molecule has 1 aromatic heterocycles. The van der Waals surface area contributed by atoms with Crippen molar-refractivity contribution in [3.8, 4) is 11.3 Å². The predicted octanol–water partition coefficient (Wildman–Crippen LogP) is 4.07. The van der Waals surface area contributed by atoms with Crippen LogP contribution < -0.4 is 5.73 Å². The maximum absolute atomic E-state index is 13.9. The lowest BCUT2D eigenvalue weighted by molar-refractivity contribution is 0.515. The van der Waals surface area contributed by atoms with Crippen molar-refractivity contribution < 1.29 is 8.78 Å². The molecule has 0 saturated carbocycles. The molecule has 0 aliphatic carbocycles. The van der Waals surface area contributed by atoms with Crippen molar-refractivity contribution in [2.24, 2.45) is 0 Å². The Kier molecular flexibility index (Phi) is 2.86. The molecular formula is C16H12F2N2. The van der Waals surface area contributed by atoms with Crippen molar-refractivity contribution in [2.75, 3.05) is 5.73 Å². The van der Waals surface area contributed by atoms with Crippen LogP contribution in [0.15, 0.2) is 42.5 Å². The minimum absolute atomic E-state index is 0.0352. The number of benzene rings is 2. The summed E-state index contributed by atoms with van der Waals surface area (Å²) in [7, 11) is 0. The zero-order chi connectivity index (χ0) is 14.3. The molecule has 0 aliphatic heterocycles. The van der Waals surface area contributed by atoms with Gasteiger partial charge in [-0.1, -0.05) is 30.3 Å². The molecule has 100 valence electrons. The van der Waals surface area contributed by atoms with E-state index in [1.54, 1.807) is 0 Å². The van der Waals surface area contributed by atoms with E-state index in [4.69, 9.17) is 5.73 Å². The lowest BCUT2D eigenvalue weighted by Crippen LogP contribution is -2.00. The van der Waals surface area contributed by atoms with Crippen LogP contribution in [0.25, 0.3) is 22.2 Å². The Balaban J connectivity index is 2.40. The van der Waals surface area contributed by atoms with Crippen LogP contribution in [0.1, 0.15) is 5.56 Å². The molecule has 2 aromatic carbocycles. The number of halogens is 2. The first kappa shape index (κ1) is 12.5. The normalized spacial score (nSPS) is 10.9. The molecule has 0 radical (unpaired) electrons. The second-order valence-electron chi connectivity index (χ2n) is 4.62. The van der Waals surface area contributed by atoms with Gasteiger partial charge in [0, 0.05) is 16.6 Å². The van der Waals surface area contributed by atoms with Gasteiger partial charge >= 0.3 is 0 Å². The Hall–Kier alpha value is -2.49. The van der Waals surface area contributed by atoms with Crippen LogP contribution in [-0.2, 0) is 0 Å². The number of aromatic nitrogens is 1. The fourth-order valence-electron chi connectivity index (χ4n) is 2.27. The molecule has 2 N–H and O–H groups in total. The first-order valence-corrected chi connectivity index (χ1v) is 6.19. The van der Waals surface area contributed by atoms with Gasteiger partial charge in [-0.15, -0.1) is 0 Å². The highest BCUT2D eigenvalue weighted by atomic mass is 19.2. The van der Waals surface area contributed by atoms with Crippen molar-refractivity contribution in [2.45, 2.75) is 6.92 Å². The van der Waals surface area contributed by atoms with E-state index in [1.807, 2.05) is 37.3 Å². The summed E-state index contributed by atoms with van der Waals surface area (Å²) in [6.07, 6.45) is 0. The minimum Gasteiger partial charge on any atom is -0.398 e. The second-order valence-corrected chi connectivity index (χ2v) is 4.62. The number of fused-ring (bicyclic) bond motifs is 1. The third-order valence-corrected chi connectivity index (χ3v) is 3.39. The fraction of sp³-hybridized carbons (Fsp3) is 0.0625. The molecule has 0 aliphatic rings. The summed E-state index contributed by atoms with van der Waals surface area (Å²) in [5.74, 6) is -1.89. The van der Waals surface area contributed by atoms with E-state index in [0.717, 1.165) is 17.2 Å². The zero-order valence-electron chi connectivity index (χ0n) is 10.8. The number of nitrogens with zero attached hydrogens (tertiary/aromatic N) is 1. The number of anilines is 1. The Bertz CT molecular complexity index is 799. The van der Waals surface area contributed by atoms with E-state index in [-0.39, 0.29) is 5.52 Å². The van der Waals surface area contributed by atoms with Gasteiger partial charge in [-0.3, -0.25) is 0 Å². The standard InChI is InChI=1S/C16H12F2N2/c1-9-14(19)11-7-8-12(17)13(18)16(11)20-15(9)10-5-3-2-4-6-10/h2-8H,1H3,(H2,19,20). The molecule has 3 rings (SSSR count). The monoisotopic (exact) mass is 270 g/mol. The van der Waals surface area contributed by atoms with E-state index >= 15 is 0 Å². The average Bonchev–Trinajstić information content (AvgIpc) is 2.47. The molecule has 0 amide bonds. The van der Waals surface area contributed by atoms with Gasteiger partial charge in [-0.2, -0.15) is 0 Å². The molecule has 1 heterocycles. The Morgan fingerprint density at radius 2 is 1.70 bits per heavy atom. The van der Waals surface area contributed by atoms with Crippen LogP contribution in [0.5, 0.6) is 0 Å². The molecule has 0 spiro atoms. The summed E-state index contributed by atoms with van der Waals surface area (Å²) in [4.78, 5) is 4.27. The highest BCUT2D eigenvalue weighted by Crippen LogP contribution is 2.32. The minimum atomic E-state index is -0.966. The van der Waals surface area contributed by atoms with Crippen molar-refractivity contribution in [1.82, 2.24) is 4.98 Å². The highest BCUT2D eigenvalue weighted by molar-refractivity contribution is 5.95. The lowest BCUT2D eigenvalue weighted by Gasteiger charge is -2.12. The van der Waals surface area contributed by atoms with Crippen molar-refractivity contribution in [3.05, 3.63) is 59.7 Å². The molecule has 20 heavy (non-hydrogen) atoms. The SMILES string of the molecule is Cc1c(-c2ccccc2)nc2c(F)c(F)ccc2c1N. The maximum atomic E-state index is 13.9. The topological polar surface area (TPSA) is 38.9 Å². The van der Waals surface area contributed by atoms with E-state index in [1.165, 1.54) is 6.07 Å². The molecule has 4 heteroatoms. The molecule has 2 nitrogen and oxygen atoms in total. The number of hydrogen-bond donors (Lipinski definition) is 1. The largest absolute Gasteiger partial charge is 0.398 e. The van der Waals surface area contributed by atoms with Crippen LogP contribution in [0.2, 0.25) is 0 Å². The summed E-state index contributed by atoms with van der Waals surface area (Å²) in [6, 6.07) is 11.8. The van der Waals surface area contributed by atoms with Crippen LogP contribution in [0.4, 0.5) is 14.5 Å². The molecular weight excluding hydrogens is 258 g/mol. The highest BCUT2D eigenvalue weighted by Gasteiger charge is 2.15. The lowest BCUT2D eigenvalue weighted by atomic mass is 10.0. The molecule has 0 unspecified atom stereocenters. The van der Waals surface area contributed by atoms with Crippen molar-refractivity contribution >= 4 is 16.6 Å². The summed E-state index contributed by atoms with van der Waals surface area (Å²) in [6.45, 7) is 1.82. The van der Waals surface area contributed by atoms with E-state index in [2.05, 4.69) is 4.98 Å². The summed E-state index contributed by atoms with van der Waals surface area (Å²) >= 11 is 0. The van der Waals surface area contributed by atoms with Crippen LogP contribution >= 0.6 is 0 Å². The van der Waals surface area contributed by atoms with Crippen molar-refractivity contribution in [1.29, 1.82) is 0 Å². The van der Waals surface area contributed by atoms with Gasteiger partial charge in [0.05, 0.1) is 5.69 Å². The Morgan fingerprint density at radius 3 is 2.40 bits per heavy atom. The van der Waals surface area contributed by atoms with Gasteiger partial charge in [-0.25, -0.2) is 13.8 Å². The number of hydrogen-bond acceptors (Lipinski definition) is 2. The average molecular weight is 270 g/mol. The number of nitrogens with two attached hydrogens (primary N) is 1. The first-order chi connectivity index (χ1) is 9.59. The van der Waals surface area contributed by atoms with E-state index in [9.17, 15) is 8.78 Å². The Labute approximate surface area is 114 Å². The quantitative estimate of drug-likeness (QED) is 0.724. The third kappa shape index (κ3) is 1.81. The zero-order valence-corrected chi connectivity index (χ0v) is 10.8. The van der Waals surface area contributed by atoms with Crippen LogP contribution in [0, 0.1) is 18.6 Å². The molecule has 0 saturated heterocycles. The van der Waals surface area contributed by atoms with Crippen LogP contribution in [0.3, 0.4) is 0 Å². The molecule has 0 fully saturated rings. The van der Waals surface area contributed by atoms with Gasteiger partial charge in [-0.05, 0) is 24.6 Å². The van der Waals surface area contributed by atoms with Gasteiger partial charge < -0.3 is 5.73 Å². The van der Waals surface area contributed by atoms with Crippen molar-refractivity contribution in [3.63, 3.8) is 0 Å². The Morgan fingerprint density at radius 1 is 1.00 bits per heavy atom. The van der Waals surface area contributed by atoms with Crippen LogP contribution in [-0.4, -0.2) is 4.98 Å². The van der Waals surface area contributed by atoms with E-state index < -0.39 is 11.6 Å². The predicted molar refractivity (Wildman–Crippen MR) is 76.2 cm³/mol. The number of rotatable bonds is 1. The first-order valence-electron chi connectivity index (χ1n) is 6.19. The number of pyridine rings is 1. The van der Waals surface area contributed by atoms with Gasteiger partial charge in [0.25, 0.3) is 0 Å².